The molecule has 0 radical (unpaired) electrons. The molecule has 0 spiro atoms. The summed E-state index contributed by atoms with van der Waals surface area (Å²) in [6, 6.07) is 0.719. The summed E-state index contributed by atoms with van der Waals surface area (Å²) in [5.74, 6) is 0. The fourth-order valence-electron chi connectivity index (χ4n) is 2.86. The first-order valence-electron chi connectivity index (χ1n) is 6.78. The highest BCUT2D eigenvalue weighted by Crippen LogP contribution is 2.48. The van der Waals surface area contributed by atoms with Crippen molar-refractivity contribution in [2.24, 2.45) is 10.8 Å². The van der Waals surface area contributed by atoms with Gasteiger partial charge in [0.05, 0.1) is 0 Å². The van der Waals surface area contributed by atoms with Crippen molar-refractivity contribution in [2.45, 2.75) is 71.8 Å². The highest BCUT2D eigenvalue weighted by Gasteiger charge is 2.42. The van der Waals surface area contributed by atoms with E-state index in [2.05, 4.69) is 26.1 Å². The van der Waals surface area contributed by atoms with Crippen LogP contribution in [0.25, 0.3) is 0 Å². The number of nitrogens with one attached hydrogen (secondary N) is 1. The first kappa shape index (κ1) is 11.4. The predicted molar refractivity (Wildman–Crippen MR) is 66.0 cm³/mol. The third kappa shape index (κ3) is 2.75. The van der Waals surface area contributed by atoms with Gasteiger partial charge in [0.15, 0.2) is 0 Å². The molecule has 0 aromatic rings. The van der Waals surface area contributed by atoms with Gasteiger partial charge in [0.1, 0.15) is 0 Å². The Morgan fingerprint density at radius 2 is 1.60 bits per heavy atom. The number of hydrogen-bond acceptors (Lipinski definition) is 1. The van der Waals surface area contributed by atoms with Gasteiger partial charge >= 0.3 is 0 Å². The van der Waals surface area contributed by atoms with Gasteiger partial charge in [-0.25, -0.2) is 0 Å². The molecule has 2 saturated carbocycles. The standard InChI is InChI=1S/C14H27N/c1-12(14(3)9-10-14)15-11-13(2)7-5-4-6-8-13/h12,15H,4-11H2,1-3H3. The molecule has 1 N–H and O–H groups in total. The van der Waals surface area contributed by atoms with Crippen molar-refractivity contribution in [3.05, 3.63) is 0 Å². The molecule has 15 heavy (non-hydrogen) atoms. The summed E-state index contributed by atoms with van der Waals surface area (Å²) in [7, 11) is 0. The molecule has 0 aromatic carbocycles. The van der Waals surface area contributed by atoms with Crippen molar-refractivity contribution in [2.75, 3.05) is 6.54 Å². The van der Waals surface area contributed by atoms with Crippen LogP contribution in [0.15, 0.2) is 0 Å². The first-order valence-corrected chi connectivity index (χ1v) is 6.78. The molecule has 0 aliphatic heterocycles. The largest absolute Gasteiger partial charge is 0.313 e. The van der Waals surface area contributed by atoms with Gasteiger partial charge in [-0.1, -0.05) is 33.1 Å². The Kier molecular flexibility index (Phi) is 3.12. The SMILES string of the molecule is CC(NCC1(C)CCCCC1)C1(C)CC1. The van der Waals surface area contributed by atoms with Gasteiger partial charge in [-0.3, -0.25) is 0 Å². The van der Waals surface area contributed by atoms with Crippen LogP contribution < -0.4 is 5.32 Å². The van der Waals surface area contributed by atoms with Crippen molar-refractivity contribution in [3.8, 4) is 0 Å². The third-order valence-corrected chi connectivity index (χ3v) is 4.98. The zero-order valence-corrected chi connectivity index (χ0v) is 10.7. The van der Waals surface area contributed by atoms with Crippen LogP contribution in [-0.4, -0.2) is 12.6 Å². The Hall–Kier alpha value is -0.0400. The molecule has 0 bridgehead atoms. The van der Waals surface area contributed by atoms with E-state index >= 15 is 0 Å². The van der Waals surface area contributed by atoms with Crippen LogP contribution in [0, 0.1) is 10.8 Å². The topological polar surface area (TPSA) is 12.0 Å². The molecule has 2 fully saturated rings. The van der Waals surface area contributed by atoms with E-state index in [-0.39, 0.29) is 0 Å². The molecule has 2 aliphatic rings. The molecular weight excluding hydrogens is 182 g/mol. The van der Waals surface area contributed by atoms with Crippen LogP contribution in [0.1, 0.15) is 65.7 Å². The maximum atomic E-state index is 3.80. The molecule has 2 aliphatic carbocycles. The zero-order chi connectivity index (χ0) is 10.9. The Labute approximate surface area is 95.0 Å². The summed E-state index contributed by atoms with van der Waals surface area (Å²) in [6.45, 7) is 8.51. The second-order valence-electron chi connectivity index (χ2n) is 6.63. The normalized spacial score (nSPS) is 29.8. The second kappa shape index (κ2) is 4.08. The van der Waals surface area contributed by atoms with E-state index in [1.54, 1.807) is 0 Å². The molecule has 0 amide bonds. The van der Waals surface area contributed by atoms with Gasteiger partial charge in [-0.15, -0.1) is 0 Å². The van der Waals surface area contributed by atoms with Gasteiger partial charge in [0.25, 0.3) is 0 Å². The molecule has 0 aromatic heterocycles. The summed E-state index contributed by atoms with van der Waals surface area (Å²) >= 11 is 0. The maximum absolute atomic E-state index is 3.80. The summed E-state index contributed by atoms with van der Waals surface area (Å²) in [4.78, 5) is 0. The van der Waals surface area contributed by atoms with Crippen molar-refractivity contribution in [1.29, 1.82) is 0 Å². The van der Waals surface area contributed by atoms with Crippen LogP contribution in [0.2, 0.25) is 0 Å². The third-order valence-electron chi connectivity index (χ3n) is 4.98. The maximum Gasteiger partial charge on any atom is 0.00927 e. The smallest absolute Gasteiger partial charge is 0.00927 e. The summed E-state index contributed by atoms with van der Waals surface area (Å²) in [5, 5.41) is 3.80. The van der Waals surface area contributed by atoms with E-state index in [1.165, 1.54) is 51.5 Å². The Balaban J connectivity index is 1.76. The molecule has 0 heterocycles. The predicted octanol–water partition coefficient (Wildman–Crippen LogP) is 3.74. The molecule has 88 valence electrons. The van der Waals surface area contributed by atoms with Crippen LogP contribution >= 0.6 is 0 Å². The minimum absolute atomic E-state index is 0.595. The van der Waals surface area contributed by atoms with Gasteiger partial charge in [-0.2, -0.15) is 0 Å². The number of rotatable bonds is 4. The average molecular weight is 209 g/mol. The fraction of sp³-hybridized carbons (Fsp3) is 1.00. The first-order chi connectivity index (χ1) is 7.04. The van der Waals surface area contributed by atoms with Gasteiger partial charge in [0, 0.05) is 12.6 Å². The van der Waals surface area contributed by atoms with Crippen LogP contribution in [0.3, 0.4) is 0 Å². The average Bonchev–Trinajstić information content (AvgIpc) is 2.96. The fourth-order valence-corrected chi connectivity index (χ4v) is 2.86. The molecule has 2 rings (SSSR count). The van der Waals surface area contributed by atoms with Gasteiger partial charge in [-0.05, 0) is 43.4 Å². The lowest BCUT2D eigenvalue weighted by Gasteiger charge is -2.36. The van der Waals surface area contributed by atoms with E-state index in [9.17, 15) is 0 Å². The van der Waals surface area contributed by atoms with E-state index in [0.29, 0.717) is 10.8 Å². The molecule has 1 heteroatoms. The van der Waals surface area contributed by atoms with E-state index in [4.69, 9.17) is 0 Å². The van der Waals surface area contributed by atoms with Crippen LogP contribution in [0.5, 0.6) is 0 Å². The lowest BCUT2D eigenvalue weighted by Crippen LogP contribution is -2.41. The van der Waals surface area contributed by atoms with E-state index in [0.717, 1.165) is 6.04 Å². The minimum atomic E-state index is 0.595. The molecule has 1 nitrogen and oxygen atoms in total. The van der Waals surface area contributed by atoms with Crippen molar-refractivity contribution in [3.63, 3.8) is 0 Å². The van der Waals surface area contributed by atoms with Crippen molar-refractivity contribution in [1.82, 2.24) is 5.32 Å². The molecule has 1 atom stereocenters. The van der Waals surface area contributed by atoms with Gasteiger partial charge < -0.3 is 5.32 Å². The summed E-state index contributed by atoms with van der Waals surface area (Å²) < 4.78 is 0. The summed E-state index contributed by atoms with van der Waals surface area (Å²) in [5.41, 5.74) is 1.22. The second-order valence-corrected chi connectivity index (χ2v) is 6.63. The van der Waals surface area contributed by atoms with Crippen LogP contribution in [0.4, 0.5) is 0 Å². The van der Waals surface area contributed by atoms with E-state index < -0.39 is 0 Å². The molecule has 0 saturated heterocycles. The zero-order valence-electron chi connectivity index (χ0n) is 10.7. The lowest BCUT2D eigenvalue weighted by atomic mass is 9.75. The monoisotopic (exact) mass is 209 g/mol. The highest BCUT2D eigenvalue weighted by molar-refractivity contribution is 4.97. The number of hydrogen-bond donors (Lipinski definition) is 1. The van der Waals surface area contributed by atoms with Crippen molar-refractivity contribution >= 4 is 0 Å². The summed E-state index contributed by atoms with van der Waals surface area (Å²) in [6.07, 6.45) is 10.1. The lowest BCUT2D eigenvalue weighted by molar-refractivity contribution is 0.191. The van der Waals surface area contributed by atoms with Gasteiger partial charge in [0.2, 0.25) is 0 Å². The van der Waals surface area contributed by atoms with Crippen molar-refractivity contribution < 1.29 is 0 Å². The Morgan fingerprint density at radius 3 is 2.13 bits per heavy atom. The van der Waals surface area contributed by atoms with Crippen LogP contribution in [-0.2, 0) is 0 Å². The highest BCUT2D eigenvalue weighted by atomic mass is 14.9. The quantitative estimate of drug-likeness (QED) is 0.744. The molecule has 1 unspecified atom stereocenters. The minimum Gasteiger partial charge on any atom is -0.313 e. The molecular formula is C14H27N. The Morgan fingerprint density at radius 1 is 1.00 bits per heavy atom. The van der Waals surface area contributed by atoms with E-state index in [1.807, 2.05) is 0 Å². The Bertz CT molecular complexity index is 211.